The summed E-state index contributed by atoms with van der Waals surface area (Å²) in [6.45, 7) is 5.25. The van der Waals surface area contributed by atoms with Crippen molar-refractivity contribution in [2.45, 2.75) is 33.4 Å². The number of nitrogens with one attached hydrogen (secondary N) is 1. The lowest BCUT2D eigenvalue weighted by Gasteiger charge is -2.32. The van der Waals surface area contributed by atoms with E-state index in [1.165, 1.54) is 11.0 Å². The molecule has 10 heteroatoms. The number of rotatable bonds is 9. The summed E-state index contributed by atoms with van der Waals surface area (Å²) >= 11 is 9.49. The lowest BCUT2D eigenvalue weighted by Crippen LogP contribution is -2.51. The van der Waals surface area contributed by atoms with Crippen LogP contribution >= 0.6 is 27.5 Å². The summed E-state index contributed by atoms with van der Waals surface area (Å²) in [6.07, 6.45) is 1.03. The van der Waals surface area contributed by atoms with E-state index in [0.29, 0.717) is 22.8 Å². The molecule has 0 bridgehead atoms. The van der Waals surface area contributed by atoms with Crippen LogP contribution in [0.5, 0.6) is 0 Å². The van der Waals surface area contributed by atoms with Gasteiger partial charge in [-0.2, -0.15) is 0 Å². The smallest absolute Gasteiger partial charge is 0.244 e. The van der Waals surface area contributed by atoms with Crippen LogP contribution in [0, 0.1) is 6.92 Å². The molecule has 0 aromatic heterocycles. The highest BCUT2D eigenvalue weighted by Crippen LogP contribution is 2.27. The van der Waals surface area contributed by atoms with Crippen LogP contribution in [0.3, 0.4) is 0 Å². The number of halogens is 2. The van der Waals surface area contributed by atoms with E-state index in [1.807, 2.05) is 24.3 Å². The van der Waals surface area contributed by atoms with Crippen LogP contribution in [0.1, 0.15) is 25.0 Å². The van der Waals surface area contributed by atoms with Gasteiger partial charge in [-0.3, -0.25) is 13.9 Å². The molecule has 1 atom stereocenters. The van der Waals surface area contributed by atoms with E-state index in [4.69, 9.17) is 11.6 Å². The van der Waals surface area contributed by atoms with Crippen molar-refractivity contribution in [3.05, 3.63) is 63.1 Å². The second-order valence-electron chi connectivity index (χ2n) is 7.42. The zero-order valence-corrected chi connectivity index (χ0v) is 21.6. The molecule has 0 saturated carbocycles. The standard InChI is InChI=1S/C22H27BrClN3O4S/c1-5-25-22(29)16(3)26(13-17-7-6-8-18(23)11-17)21(28)14-27(32(4,30)31)20-12-19(24)10-9-15(20)2/h6-12,16H,5,13-14H2,1-4H3,(H,25,29). The SMILES string of the molecule is CCNC(=O)C(C)N(Cc1cccc(Br)c1)C(=O)CN(c1cc(Cl)ccc1C)S(C)(=O)=O. The summed E-state index contributed by atoms with van der Waals surface area (Å²) < 4.78 is 27.0. The quantitative estimate of drug-likeness (QED) is 0.521. The Bertz CT molecular complexity index is 1090. The number of nitrogens with zero attached hydrogens (tertiary/aromatic N) is 2. The summed E-state index contributed by atoms with van der Waals surface area (Å²) in [7, 11) is -3.80. The Kier molecular flexibility index (Phi) is 9.12. The summed E-state index contributed by atoms with van der Waals surface area (Å²) in [4.78, 5) is 27.3. The molecule has 32 heavy (non-hydrogen) atoms. The molecule has 174 valence electrons. The van der Waals surface area contributed by atoms with E-state index < -0.39 is 28.5 Å². The fraction of sp³-hybridized carbons (Fsp3) is 0.364. The van der Waals surface area contributed by atoms with Crippen molar-refractivity contribution < 1.29 is 18.0 Å². The first-order valence-corrected chi connectivity index (χ1v) is 13.0. The molecule has 1 unspecified atom stereocenters. The zero-order valence-electron chi connectivity index (χ0n) is 18.4. The predicted molar refractivity (Wildman–Crippen MR) is 131 cm³/mol. The van der Waals surface area contributed by atoms with Gasteiger partial charge in [0.15, 0.2) is 0 Å². The molecule has 1 N–H and O–H groups in total. The highest BCUT2D eigenvalue weighted by atomic mass is 79.9. The summed E-state index contributed by atoms with van der Waals surface area (Å²) in [5, 5.41) is 3.07. The third-order valence-electron chi connectivity index (χ3n) is 4.88. The third kappa shape index (κ3) is 6.95. The monoisotopic (exact) mass is 543 g/mol. The van der Waals surface area contributed by atoms with Gasteiger partial charge in [-0.05, 0) is 56.2 Å². The molecular formula is C22H27BrClN3O4S. The van der Waals surface area contributed by atoms with Gasteiger partial charge in [-0.25, -0.2) is 8.42 Å². The molecule has 0 spiro atoms. The van der Waals surface area contributed by atoms with E-state index >= 15 is 0 Å². The number of sulfonamides is 1. The molecule has 0 aliphatic carbocycles. The first-order valence-electron chi connectivity index (χ1n) is 9.99. The van der Waals surface area contributed by atoms with Gasteiger partial charge in [0, 0.05) is 22.6 Å². The van der Waals surface area contributed by atoms with Gasteiger partial charge < -0.3 is 10.2 Å². The molecule has 0 radical (unpaired) electrons. The van der Waals surface area contributed by atoms with Gasteiger partial charge in [-0.1, -0.05) is 45.7 Å². The average molecular weight is 545 g/mol. The molecule has 2 rings (SSSR count). The van der Waals surface area contributed by atoms with Crippen LogP contribution < -0.4 is 9.62 Å². The maximum Gasteiger partial charge on any atom is 0.244 e. The van der Waals surface area contributed by atoms with E-state index in [9.17, 15) is 18.0 Å². The molecule has 2 aromatic rings. The van der Waals surface area contributed by atoms with Crippen LogP contribution in [0.4, 0.5) is 5.69 Å². The first kappa shape index (κ1) is 26.2. The molecular weight excluding hydrogens is 518 g/mol. The highest BCUT2D eigenvalue weighted by Gasteiger charge is 2.30. The van der Waals surface area contributed by atoms with Crippen molar-refractivity contribution >= 4 is 55.1 Å². The Morgan fingerprint density at radius 1 is 1.19 bits per heavy atom. The number of hydrogen-bond donors (Lipinski definition) is 1. The van der Waals surface area contributed by atoms with Crippen molar-refractivity contribution in [1.29, 1.82) is 0 Å². The zero-order chi connectivity index (χ0) is 24.1. The Balaban J connectivity index is 2.43. The second kappa shape index (κ2) is 11.2. The van der Waals surface area contributed by atoms with E-state index in [0.717, 1.165) is 20.6 Å². The summed E-state index contributed by atoms with van der Waals surface area (Å²) in [6, 6.07) is 11.4. The van der Waals surface area contributed by atoms with Gasteiger partial charge in [-0.15, -0.1) is 0 Å². The largest absolute Gasteiger partial charge is 0.355 e. The number of amides is 2. The maximum absolute atomic E-state index is 13.4. The first-order chi connectivity index (χ1) is 14.9. The van der Waals surface area contributed by atoms with E-state index in [1.54, 1.807) is 32.9 Å². The van der Waals surface area contributed by atoms with Crippen LogP contribution in [-0.2, 0) is 26.2 Å². The minimum absolute atomic E-state index is 0.142. The lowest BCUT2D eigenvalue weighted by molar-refractivity contribution is -0.139. The van der Waals surface area contributed by atoms with E-state index in [-0.39, 0.29) is 12.5 Å². The highest BCUT2D eigenvalue weighted by molar-refractivity contribution is 9.10. The topological polar surface area (TPSA) is 86.8 Å². The Hall–Kier alpha value is -2.10. The minimum atomic E-state index is -3.80. The van der Waals surface area contributed by atoms with E-state index in [2.05, 4.69) is 21.2 Å². The Labute approximate surface area is 202 Å². The molecule has 0 saturated heterocycles. The van der Waals surface area contributed by atoms with Gasteiger partial charge in [0.25, 0.3) is 0 Å². The molecule has 0 heterocycles. The Morgan fingerprint density at radius 3 is 2.47 bits per heavy atom. The number of anilines is 1. The van der Waals surface area contributed by atoms with Gasteiger partial charge in [0.2, 0.25) is 21.8 Å². The minimum Gasteiger partial charge on any atom is -0.355 e. The fourth-order valence-corrected chi connectivity index (χ4v) is 4.69. The normalized spacial score (nSPS) is 12.2. The van der Waals surface area contributed by atoms with Crippen molar-refractivity contribution in [2.24, 2.45) is 0 Å². The van der Waals surface area contributed by atoms with Gasteiger partial charge in [0.05, 0.1) is 11.9 Å². The molecule has 0 fully saturated rings. The molecule has 0 aliphatic rings. The molecule has 7 nitrogen and oxygen atoms in total. The number of hydrogen-bond acceptors (Lipinski definition) is 4. The number of carbonyl (C=O) groups is 2. The summed E-state index contributed by atoms with van der Waals surface area (Å²) in [5.41, 5.74) is 1.78. The third-order valence-corrected chi connectivity index (χ3v) is 6.73. The maximum atomic E-state index is 13.4. The van der Waals surface area contributed by atoms with Crippen LogP contribution in [0.15, 0.2) is 46.9 Å². The van der Waals surface area contributed by atoms with Crippen LogP contribution in [0.25, 0.3) is 0 Å². The van der Waals surface area contributed by atoms with Crippen molar-refractivity contribution in [1.82, 2.24) is 10.2 Å². The summed E-state index contributed by atoms with van der Waals surface area (Å²) in [5.74, 6) is -0.825. The molecule has 2 amide bonds. The van der Waals surface area contributed by atoms with Crippen LogP contribution in [0.2, 0.25) is 5.02 Å². The Morgan fingerprint density at radius 2 is 1.88 bits per heavy atom. The molecule has 0 aliphatic heterocycles. The number of carbonyl (C=O) groups excluding carboxylic acids is 2. The van der Waals surface area contributed by atoms with Crippen molar-refractivity contribution in [3.63, 3.8) is 0 Å². The van der Waals surface area contributed by atoms with Crippen molar-refractivity contribution in [2.75, 3.05) is 23.7 Å². The van der Waals surface area contributed by atoms with Crippen LogP contribution in [-0.4, -0.2) is 50.5 Å². The lowest BCUT2D eigenvalue weighted by atomic mass is 10.1. The van der Waals surface area contributed by atoms with Gasteiger partial charge in [0.1, 0.15) is 12.6 Å². The van der Waals surface area contributed by atoms with Crippen molar-refractivity contribution in [3.8, 4) is 0 Å². The predicted octanol–water partition coefficient (Wildman–Crippen LogP) is 3.73. The average Bonchev–Trinajstić information content (AvgIpc) is 2.71. The second-order valence-corrected chi connectivity index (χ2v) is 10.7. The number of benzene rings is 2. The fourth-order valence-electron chi connectivity index (χ4n) is 3.18. The van der Waals surface area contributed by atoms with Gasteiger partial charge >= 0.3 is 0 Å². The molecule has 2 aromatic carbocycles. The number of aryl methyl sites for hydroxylation is 1. The number of likely N-dealkylation sites (N-methyl/N-ethyl adjacent to an activating group) is 1.